The lowest BCUT2D eigenvalue weighted by Gasteiger charge is -2.29. The molecule has 0 saturated carbocycles. The number of alkyl halides is 1. The molecule has 0 aromatic carbocycles. The van der Waals surface area contributed by atoms with Crippen LogP contribution in [0.5, 0.6) is 0 Å². The maximum absolute atomic E-state index is 11.6. The van der Waals surface area contributed by atoms with Crippen LogP contribution in [-0.2, 0) is 19.9 Å². The Hall–Kier alpha value is 0.150. The molecule has 0 aliphatic heterocycles. The van der Waals surface area contributed by atoms with Gasteiger partial charge in [-0.3, -0.25) is 0 Å². The molecule has 1 N–H and O–H groups in total. The zero-order valence-electron chi connectivity index (χ0n) is 9.66. The molecule has 0 aromatic rings. The number of hydrogen-bond acceptors (Lipinski definition) is 4. The van der Waals surface area contributed by atoms with Crippen LogP contribution in [0.15, 0.2) is 0 Å². The second kappa shape index (κ2) is 5.66. The number of sulfone groups is 1. The largest absolute Gasteiger partial charge is 0.228 e. The van der Waals surface area contributed by atoms with Gasteiger partial charge >= 0.3 is 0 Å². The van der Waals surface area contributed by atoms with Gasteiger partial charge in [-0.25, -0.2) is 21.6 Å². The topological polar surface area (TPSA) is 80.3 Å². The lowest BCUT2D eigenvalue weighted by molar-refractivity contribution is 0.395. The second-order valence-corrected chi connectivity index (χ2v) is 8.38. The molecule has 0 atom stereocenters. The van der Waals surface area contributed by atoms with E-state index in [2.05, 4.69) is 4.72 Å². The van der Waals surface area contributed by atoms with E-state index in [1.807, 2.05) is 0 Å². The van der Waals surface area contributed by atoms with Crippen molar-refractivity contribution in [3.05, 3.63) is 0 Å². The monoisotopic (exact) mass is 291 g/mol. The van der Waals surface area contributed by atoms with Gasteiger partial charge in [0.15, 0.2) is 14.9 Å². The van der Waals surface area contributed by atoms with Crippen LogP contribution >= 0.6 is 11.6 Å². The normalized spacial score (nSPS) is 14.0. The van der Waals surface area contributed by atoms with Gasteiger partial charge in [0.2, 0.25) is 10.0 Å². The van der Waals surface area contributed by atoms with Crippen molar-refractivity contribution >= 4 is 31.5 Å². The highest BCUT2D eigenvalue weighted by Crippen LogP contribution is 2.18. The Bertz CT molecular complexity index is 403. The predicted molar refractivity (Wildman–Crippen MR) is 65.8 cm³/mol. The fourth-order valence-corrected chi connectivity index (χ4v) is 5.29. The molecule has 0 amide bonds. The molecule has 0 saturated heterocycles. The van der Waals surface area contributed by atoms with Crippen molar-refractivity contribution < 1.29 is 16.8 Å². The van der Waals surface area contributed by atoms with E-state index in [1.165, 1.54) is 0 Å². The standard InChI is InChI=1S/C8H18ClNO4S2/c1-4-8(5-2,6-9)10-16(13,14)7-15(3,11)12/h10H,4-7H2,1-3H3. The molecule has 98 valence electrons. The summed E-state index contributed by atoms with van der Waals surface area (Å²) in [5, 5.41) is -0.904. The summed E-state index contributed by atoms with van der Waals surface area (Å²) in [6, 6.07) is 0. The molecule has 16 heavy (non-hydrogen) atoms. The van der Waals surface area contributed by atoms with Crippen LogP contribution in [0.1, 0.15) is 26.7 Å². The van der Waals surface area contributed by atoms with Crippen LogP contribution in [-0.4, -0.2) is 39.6 Å². The SMILES string of the molecule is CCC(CC)(CCl)NS(=O)(=O)CS(C)(=O)=O. The van der Waals surface area contributed by atoms with Crippen molar-refractivity contribution in [3.63, 3.8) is 0 Å². The first kappa shape index (κ1) is 16.1. The fraction of sp³-hybridized carbons (Fsp3) is 1.00. The molecule has 5 nitrogen and oxygen atoms in total. The molecule has 0 spiro atoms. The van der Waals surface area contributed by atoms with Crippen LogP contribution in [0.25, 0.3) is 0 Å². The Balaban J connectivity index is 4.95. The average Bonchev–Trinajstić information content (AvgIpc) is 2.10. The van der Waals surface area contributed by atoms with Crippen molar-refractivity contribution in [2.75, 3.05) is 17.2 Å². The highest BCUT2D eigenvalue weighted by Gasteiger charge is 2.32. The van der Waals surface area contributed by atoms with Crippen LogP contribution in [0.2, 0.25) is 0 Å². The maximum Gasteiger partial charge on any atom is 0.226 e. The number of rotatable bonds is 7. The summed E-state index contributed by atoms with van der Waals surface area (Å²) in [5.41, 5.74) is -0.759. The highest BCUT2D eigenvalue weighted by atomic mass is 35.5. The van der Waals surface area contributed by atoms with E-state index in [4.69, 9.17) is 11.6 Å². The molecule has 0 radical (unpaired) electrons. The third-order valence-corrected chi connectivity index (χ3v) is 6.56. The van der Waals surface area contributed by atoms with Gasteiger partial charge in [0.1, 0.15) is 0 Å². The van der Waals surface area contributed by atoms with Crippen molar-refractivity contribution in [1.82, 2.24) is 4.72 Å². The maximum atomic E-state index is 11.6. The summed E-state index contributed by atoms with van der Waals surface area (Å²) >= 11 is 5.73. The fourth-order valence-electron chi connectivity index (χ4n) is 1.25. The van der Waals surface area contributed by atoms with Crippen LogP contribution in [0.3, 0.4) is 0 Å². The summed E-state index contributed by atoms with van der Waals surface area (Å²) in [4.78, 5) is 0. The quantitative estimate of drug-likeness (QED) is 0.700. The smallest absolute Gasteiger partial charge is 0.226 e. The lowest BCUT2D eigenvalue weighted by atomic mass is 9.97. The predicted octanol–water partition coefficient (Wildman–Crippen LogP) is 0.706. The number of nitrogens with one attached hydrogen (secondary N) is 1. The van der Waals surface area contributed by atoms with Gasteiger partial charge < -0.3 is 0 Å². The molecule has 0 aromatic heterocycles. The Morgan fingerprint density at radius 2 is 1.56 bits per heavy atom. The van der Waals surface area contributed by atoms with Gasteiger partial charge in [0, 0.05) is 17.7 Å². The molecule has 8 heteroatoms. The minimum Gasteiger partial charge on any atom is -0.228 e. The molecule has 0 heterocycles. The van der Waals surface area contributed by atoms with Crippen LogP contribution in [0, 0.1) is 0 Å². The van der Waals surface area contributed by atoms with Crippen molar-refractivity contribution in [3.8, 4) is 0 Å². The van der Waals surface area contributed by atoms with E-state index in [-0.39, 0.29) is 5.88 Å². The third kappa shape index (κ3) is 5.47. The zero-order valence-corrected chi connectivity index (χ0v) is 12.0. The lowest BCUT2D eigenvalue weighted by Crippen LogP contribution is -2.50. The van der Waals surface area contributed by atoms with Crippen LogP contribution < -0.4 is 4.72 Å². The van der Waals surface area contributed by atoms with E-state index in [1.54, 1.807) is 13.8 Å². The Morgan fingerprint density at radius 3 is 1.81 bits per heavy atom. The van der Waals surface area contributed by atoms with Gasteiger partial charge in [-0.1, -0.05) is 13.8 Å². The van der Waals surface area contributed by atoms with E-state index in [0.29, 0.717) is 12.8 Å². The van der Waals surface area contributed by atoms with E-state index in [0.717, 1.165) is 6.26 Å². The summed E-state index contributed by atoms with van der Waals surface area (Å²) in [5.74, 6) is 0.114. The van der Waals surface area contributed by atoms with Gasteiger partial charge in [0.25, 0.3) is 0 Å². The van der Waals surface area contributed by atoms with Gasteiger partial charge in [-0.05, 0) is 12.8 Å². The van der Waals surface area contributed by atoms with Gasteiger partial charge in [0.05, 0.1) is 0 Å². The van der Waals surface area contributed by atoms with E-state index in [9.17, 15) is 16.8 Å². The van der Waals surface area contributed by atoms with Crippen molar-refractivity contribution in [1.29, 1.82) is 0 Å². The number of sulfonamides is 1. The Kier molecular flexibility index (Phi) is 5.71. The molecule has 0 aliphatic carbocycles. The van der Waals surface area contributed by atoms with Gasteiger partial charge in [-0.2, -0.15) is 0 Å². The molecule has 0 aliphatic rings. The van der Waals surface area contributed by atoms with Crippen molar-refractivity contribution in [2.45, 2.75) is 32.2 Å². The summed E-state index contributed by atoms with van der Waals surface area (Å²) in [6.07, 6.45) is 1.90. The van der Waals surface area contributed by atoms with E-state index >= 15 is 0 Å². The molecule has 0 bridgehead atoms. The molecular formula is C8H18ClNO4S2. The molecular weight excluding hydrogens is 274 g/mol. The first-order valence-corrected chi connectivity index (χ1v) is 9.10. The van der Waals surface area contributed by atoms with Crippen LogP contribution in [0.4, 0.5) is 0 Å². The summed E-state index contributed by atoms with van der Waals surface area (Å²) < 4.78 is 47.4. The summed E-state index contributed by atoms with van der Waals surface area (Å²) in [6.45, 7) is 3.60. The number of hydrogen-bond donors (Lipinski definition) is 1. The molecule has 0 fully saturated rings. The molecule has 0 unspecified atom stereocenters. The van der Waals surface area contributed by atoms with Crippen molar-refractivity contribution in [2.24, 2.45) is 0 Å². The minimum absolute atomic E-state index is 0.114. The summed E-state index contributed by atoms with van der Waals surface area (Å²) in [7, 11) is -7.43. The average molecular weight is 292 g/mol. The second-order valence-electron chi connectivity index (χ2n) is 3.88. The Morgan fingerprint density at radius 1 is 1.12 bits per heavy atom. The minimum atomic E-state index is -3.86. The first-order chi connectivity index (χ1) is 7.10. The van der Waals surface area contributed by atoms with Gasteiger partial charge in [-0.15, -0.1) is 11.6 Å². The van der Waals surface area contributed by atoms with E-state index < -0.39 is 30.5 Å². The first-order valence-electron chi connectivity index (χ1n) is 4.85. The zero-order chi connectivity index (χ0) is 13.0. The number of halogens is 1. The Labute approximate surface area is 103 Å². The molecule has 0 rings (SSSR count). The highest BCUT2D eigenvalue weighted by molar-refractivity contribution is 8.06. The third-order valence-electron chi connectivity index (χ3n) is 2.35.